The van der Waals surface area contributed by atoms with Crippen molar-refractivity contribution in [2.45, 2.75) is 22.6 Å². The Morgan fingerprint density at radius 2 is 2.31 bits per heavy atom. The molecule has 0 saturated heterocycles. The quantitative estimate of drug-likeness (QED) is 0.907. The number of aryl methyl sites for hydroxylation is 1. The first-order valence-electron chi connectivity index (χ1n) is 5.03. The highest BCUT2D eigenvalue weighted by atomic mass is 32.2. The average molecular weight is 251 g/mol. The molecule has 5 heteroatoms. The minimum absolute atomic E-state index is 0.698. The summed E-state index contributed by atoms with van der Waals surface area (Å²) in [7, 11) is 0. The van der Waals surface area contributed by atoms with E-state index in [1.54, 1.807) is 28.6 Å². The molecule has 0 unspecified atom stereocenters. The SMILES string of the molecule is Cc1cc(Sc2nncs2)ccc1CCN. The number of nitrogens with zero attached hydrogens (tertiary/aromatic N) is 2. The largest absolute Gasteiger partial charge is 0.330 e. The highest BCUT2D eigenvalue weighted by Gasteiger charge is 2.03. The molecule has 0 bridgehead atoms. The molecule has 0 atom stereocenters. The highest BCUT2D eigenvalue weighted by molar-refractivity contribution is 8.01. The molecule has 0 saturated carbocycles. The second kappa shape index (κ2) is 5.43. The number of benzene rings is 1. The summed E-state index contributed by atoms with van der Waals surface area (Å²) >= 11 is 3.21. The van der Waals surface area contributed by atoms with Crippen LogP contribution in [0.2, 0.25) is 0 Å². The molecule has 0 radical (unpaired) electrons. The number of aromatic nitrogens is 2. The standard InChI is InChI=1S/C11H13N3S2/c1-8-6-10(3-2-9(8)4-5-12)16-11-14-13-7-15-11/h2-3,6-7H,4-5,12H2,1H3. The van der Waals surface area contributed by atoms with Crippen LogP contribution in [-0.2, 0) is 6.42 Å². The summed E-state index contributed by atoms with van der Waals surface area (Å²) < 4.78 is 0.978. The van der Waals surface area contributed by atoms with Crippen LogP contribution in [0.5, 0.6) is 0 Å². The lowest BCUT2D eigenvalue weighted by Crippen LogP contribution is -2.03. The van der Waals surface area contributed by atoms with Crippen LogP contribution < -0.4 is 5.73 Å². The van der Waals surface area contributed by atoms with Gasteiger partial charge in [0.15, 0.2) is 4.34 Å². The Hall–Kier alpha value is -0.910. The number of rotatable bonds is 4. The number of hydrogen-bond donors (Lipinski definition) is 1. The van der Waals surface area contributed by atoms with E-state index in [1.165, 1.54) is 16.0 Å². The van der Waals surface area contributed by atoms with Gasteiger partial charge in [-0.15, -0.1) is 10.2 Å². The summed E-state index contributed by atoms with van der Waals surface area (Å²) in [5.74, 6) is 0. The van der Waals surface area contributed by atoms with E-state index in [4.69, 9.17) is 5.73 Å². The fraction of sp³-hybridized carbons (Fsp3) is 0.273. The highest BCUT2D eigenvalue weighted by Crippen LogP contribution is 2.29. The van der Waals surface area contributed by atoms with E-state index in [1.807, 2.05) is 0 Å². The van der Waals surface area contributed by atoms with Gasteiger partial charge in [-0.25, -0.2) is 0 Å². The lowest BCUT2D eigenvalue weighted by atomic mass is 10.1. The van der Waals surface area contributed by atoms with Crippen LogP contribution in [0.15, 0.2) is 32.9 Å². The van der Waals surface area contributed by atoms with Crippen molar-refractivity contribution >= 4 is 23.1 Å². The van der Waals surface area contributed by atoms with Crippen LogP contribution in [0.4, 0.5) is 0 Å². The van der Waals surface area contributed by atoms with Crippen LogP contribution in [0.3, 0.4) is 0 Å². The Kier molecular flexibility index (Phi) is 3.93. The smallest absolute Gasteiger partial charge is 0.178 e. The second-order valence-corrected chi connectivity index (χ2v) is 5.59. The van der Waals surface area contributed by atoms with Crippen LogP contribution in [0, 0.1) is 6.92 Å². The summed E-state index contributed by atoms with van der Waals surface area (Å²) in [4.78, 5) is 1.20. The van der Waals surface area contributed by atoms with Gasteiger partial charge in [0.25, 0.3) is 0 Å². The van der Waals surface area contributed by atoms with Gasteiger partial charge < -0.3 is 5.73 Å². The van der Waals surface area contributed by atoms with E-state index in [0.717, 1.165) is 10.8 Å². The summed E-state index contributed by atoms with van der Waals surface area (Å²) in [6.45, 7) is 2.82. The molecule has 2 aromatic rings. The molecule has 0 aliphatic rings. The van der Waals surface area contributed by atoms with Crippen molar-refractivity contribution in [2.24, 2.45) is 5.73 Å². The Morgan fingerprint density at radius 1 is 1.44 bits per heavy atom. The van der Waals surface area contributed by atoms with Gasteiger partial charge in [0.05, 0.1) is 0 Å². The summed E-state index contributed by atoms with van der Waals surface area (Å²) in [5.41, 5.74) is 9.92. The molecular formula is C11H13N3S2. The van der Waals surface area contributed by atoms with Gasteiger partial charge in [-0.1, -0.05) is 29.2 Å². The third kappa shape index (κ3) is 2.81. The Balaban J connectivity index is 2.15. The molecule has 0 amide bonds. The Labute approximate surface area is 103 Å². The van der Waals surface area contributed by atoms with E-state index in [9.17, 15) is 0 Å². The molecule has 0 aliphatic carbocycles. The van der Waals surface area contributed by atoms with Crippen molar-refractivity contribution in [3.05, 3.63) is 34.8 Å². The molecule has 0 aliphatic heterocycles. The maximum atomic E-state index is 5.56. The second-order valence-electron chi connectivity index (χ2n) is 3.43. The normalized spacial score (nSPS) is 10.6. The zero-order valence-corrected chi connectivity index (χ0v) is 10.6. The molecule has 1 heterocycles. The third-order valence-electron chi connectivity index (χ3n) is 2.27. The summed E-state index contributed by atoms with van der Waals surface area (Å²) in [6, 6.07) is 6.44. The van der Waals surface area contributed by atoms with E-state index in [0.29, 0.717) is 6.54 Å². The lowest BCUT2D eigenvalue weighted by molar-refractivity contribution is 0.954. The molecule has 2 rings (SSSR count). The maximum absolute atomic E-state index is 5.56. The fourth-order valence-electron chi connectivity index (χ4n) is 1.48. The van der Waals surface area contributed by atoms with Crippen LogP contribution in [0.1, 0.15) is 11.1 Å². The first-order valence-corrected chi connectivity index (χ1v) is 6.73. The molecule has 1 aromatic carbocycles. The van der Waals surface area contributed by atoms with Gasteiger partial charge in [-0.05, 0) is 43.1 Å². The van der Waals surface area contributed by atoms with Gasteiger partial charge >= 0.3 is 0 Å². The minimum Gasteiger partial charge on any atom is -0.330 e. The molecule has 16 heavy (non-hydrogen) atoms. The van der Waals surface area contributed by atoms with Crippen LogP contribution >= 0.6 is 23.1 Å². The van der Waals surface area contributed by atoms with E-state index < -0.39 is 0 Å². The molecule has 3 nitrogen and oxygen atoms in total. The summed E-state index contributed by atoms with van der Waals surface area (Å²) in [6.07, 6.45) is 0.940. The monoisotopic (exact) mass is 251 g/mol. The van der Waals surface area contributed by atoms with Gasteiger partial charge in [0, 0.05) is 4.90 Å². The topological polar surface area (TPSA) is 51.8 Å². The van der Waals surface area contributed by atoms with Gasteiger partial charge in [-0.3, -0.25) is 0 Å². The van der Waals surface area contributed by atoms with E-state index in [-0.39, 0.29) is 0 Å². The first kappa shape index (κ1) is 11.6. The van der Waals surface area contributed by atoms with Gasteiger partial charge in [-0.2, -0.15) is 0 Å². The Morgan fingerprint density at radius 3 is 2.94 bits per heavy atom. The van der Waals surface area contributed by atoms with Gasteiger partial charge in [0.2, 0.25) is 0 Å². The van der Waals surface area contributed by atoms with Crippen molar-refractivity contribution < 1.29 is 0 Å². The number of hydrogen-bond acceptors (Lipinski definition) is 5. The van der Waals surface area contributed by atoms with E-state index in [2.05, 4.69) is 35.3 Å². The predicted octanol–water partition coefficient (Wildman–Crippen LogP) is 2.50. The van der Waals surface area contributed by atoms with Crippen molar-refractivity contribution in [3.63, 3.8) is 0 Å². The summed E-state index contributed by atoms with van der Waals surface area (Å²) in [5, 5.41) is 7.83. The third-order valence-corrected chi connectivity index (χ3v) is 4.04. The lowest BCUT2D eigenvalue weighted by Gasteiger charge is -2.06. The molecule has 84 valence electrons. The fourth-order valence-corrected chi connectivity index (χ4v) is 3.03. The predicted molar refractivity (Wildman–Crippen MR) is 68.0 cm³/mol. The Bertz CT molecular complexity index is 454. The minimum atomic E-state index is 0.698. The molecular weight excluding hydrogens is 238 g/mol. The van der Waals surface area contributed by atoms with E-state index >= 15 is 0 Å². The van der Waals surface area contributed by atoms with Crippen LogP contribution in [0.25, 0.3) is 0 Å². The van der Waals surface area contributed by atoms with Crippen molar-refractivity contribution in [3.8, 4) is 0 Å². The van der Waals surface area contributed by atoms with Crippen molar-refractivity contribution in [2.75, 3.05) is 6.54 Å². The molecule has 1 aromatic heterocycles. The zero-order valence-electron chi connectivity index (χ0n) is 9.01. The number of nitrogens with two attached hydrogens (primary N) is 1. The molecule has 0 spiro atoms. The average Bonchev–Trinajstić information content (AvgIpc) is 2.75. The van der Waals surface area contributed by atoms with Crippen molar-refractivity contribution in [1.82, 2.24) is 10.2 Å². The molecule has 2 N–H and O–H groups in total. The van der Waals surface area contributed by atoms with Crippen LogP contribution in [-0.4, -0.2) is 16.7 Å². The first-order chi connectivity index (χ1) is 7.79. The van der Waals surface area contributed by atoms with Crippen molar-refractivity contribution in [1.29, 1.82) is 0 Å². The van der Waals surface area contributed by atoms with Gasteiger partial charge in [0.1, 0.15) is 5.51 Å². The maximum Gasteiger partial charge on any atom is 0.178 e. The molecule has 0 fully saturated rings. The zero-order chi connectivity index (χ0) is 11.4.